The Morgan fingerprint density at radius 2 is 1.43 bits per heavy atom. The first kappa shape index (κ1) is 42.9. The fraction of sp³-hybridized carbons (Fsp3) is 0.464. The summed E-state index contributed by atoms with van der Waals surface area (Å²) in [5.41, 5.74) is 8.59. The molecule has 0 aliphatic heterocycles. The number of ether oxygens (including phenoxy) is 2. The van der Waals surface area contributed by atoms with Crippen LogP contribution in [0.2, 0.25) is 0 Å². The summed E-state index contributed by atoms with van der Waals surface area (Å²) >= 11 is 0. The Balaban J connectivity index is -0.000000649. The molecule has 0 aromatic heterocycles. The summed E-state index contributed by atoms with van der Waals surface area (Å²) in [6.07, 6.45) is 5.78. The van der Waals surface area contributed by atoms with E-state index in [9.17, 15) is 14.4 Å². The number of hydrogen-bond acceptors (Lipinski definition) is 8. The second-order valence-electron chi connectivity index (χ2n) is 8.81. The number of carboxylic acids is 4. The van der Waals surface area contributed by atoms with E-state index < -0.39 is 35.8 Å². The molecule has 0 saturated heterocycles. The van der Waals surface area contributed by atoms with Gasteiger partial charge < -0.3 is 42.6 Å². The van der Waals surface area contributed by atoms with Crippen molar-refractivity contribution in [2.75, 3.05) is 6.61 Å². The number of nitrogens with one attached hydrogen (secondary N) is 1. The van der Waals surface area contributed by atoms with Crippen molar-refractivity contribution in [1.29, 1.82) is 0 Å². The summed E-state index contributed by atoms with van der Waals surface area (Å²) < 4.78 is 10.0. The molecule has 1 aliphatic carbocycles. The Morgan fingerprint density at radius 3 is 1.81 bits per heavy atom. The molecular formula is C28H39NO12Pt. The minimum Gasteiger partial charge on any atom is -0.677 e. The van der Waals surface area contributed by atoms with Crippen LogP contribution in [0.1, 0.15) is 64.4 Å². The minimum absolute atomic E-state index is 0. The van der Waals surface area contributed by atoms with Gasteiger partial charge in [0.05, 0.1) is 6.61 Å². The zero-order chi connectivity index (χ0) is 32.0. The van der Waals surface area contributed by atoms with Crippen molar-refractivity contribution in [2.24, 2.45) is 5.92 Å². The monoisotopic (exact) mass is 776 g/mol. The first-order chi connectivity index (χ1) is 19.1. The molecule has 0 radical (unpaired) electrons. The normalized spacial score (nSPS) is 14.7. The van der Waals surface area contributed by atoms with Crippen LogP contribution in [-0.4, -0.2) is 68.9 Å². The molecule has 5 N–H and O–H groups in total. The molecule has 13 nitrogen and oxygen atoms in total. The molecule has 14 heteroatoms. The molecular weight excluding hydrogens is 737 g/mol. The summed E-state index contributed by atoms with van der Waals surface area (Å²) in [4.78, 5) is 60.4. The van der Waals surface area contributed by atoms with Gasteiger partial charge in [0.1, 0.15) is 5.75 Å². The van der Waals surface area contributed by atoms with E-state index in [0.717, 1.165) is 18.9 Å². The molecule has 2 rings (SSSR count). The van der Waals surface area contributed by atoms with E-state index in [1.54, 1.807) is 31.2 Å². The van der Waals surface area contributed by atoms with E-state index in [2.05, 4.69) is 13.5 Å². The Kier molecular flexibility index (Phi) is 25.7. The maximum Gasteiger partial charge on any atom is 2.00 e. The third-order valence-electron chi connectivity index (χ3n) is 4.98. The molecule has 2 atom stereocenters. The fourth-order valence-electron chi connectivity index (χ4n) is 2.87. The number of rotatable bonds is 9. The number of benzene rings is 1. The van der Waals surface area contributed by atoms with Crippen LogP contribution in [0.3, 0.4) is 0 Å². The standard InChI is InChI=1S/C17H20O6.C7H13N.C2H2O4.C2H4O2.Pt/c1-12(2)17(21)22-11-3-4-16(20)23-14-8-5-13(6-9-14)7-10-15(18)19;1-6-4-2-3-5-7(6)8;3-1(4)2(5)6;1-2(3)4;/h5-6,8-9H,1,3-4,7,10-11H2,2H3,(H,18,19);6-8H,1-5H2;(H,3,4)(H,5,6);1H3,(H,3,4);/q;-2;;;+2. The average molecular weight is 777 g/mol. The van der Waals surface area contributed by atoms with Crippen LogP contribution in [0.5, 0.6) is 5.75 Å². The van der Waals surface area contributed by atoms with Crippen molar-refractivity contribution in [3.63, 3.8) is 0 Å². The van der Waals surface area contributed by atoms with Crippen molar-refractivity contribution in [1.82, 2.24) is 0 Å². The zero-order valence-electron chi connectivity index (χ0n) is 23.6. The van der Waals surface area contributed by atoms with Crippen molar-refractivity contribution in [3.8, 4) is 5.75 Å². The molecule has 42 heavy (non-hydrogen) atoms. The summed E-state index contributed by atoms with van der Waals surface area (Å²) in [5, 5.41) is 30.8. The topological polar surface area (TPSA) is 226 Å². The van der Waals surface area contributed by atoms with Gasteiger partial charge in [-0.05, 0) is 37.5 Å². The third kappa shape index (κ3) is 26.6. The molecule has 0 spiro atoms. The predicted molar refractivity (Wildman–Crippen MR) is 147 cm³/mol. The predicted octanol–water partition coefficient (Wildman–Crippen LogP) is 4.18. The molecule has 0 bridgehead atoms. The Bertz CT molecular complexity index is 985. The number of carboxylic acid groups (broad SMARTS) is 4. The Hall–Kier alpha value is -3.57. The zero-order valence-corrected chi connectivity index (χ0v) is 25.9. The number of esters is 2. The largest absolute Gasteiger partial charge is 2.00 e. The number of hydrogen-bond donors (Lipinski definition) is 4. The summed E-state index contributed by atoms with van der Waals surface area (Å²) in [6.45, 7) is 10.1. The van der Waals surface area contributed by atoms with Gasteiger partial charge in [0.2, 0.25) is 0 Å². The van der Waals surface area contributed by atoms with Crippen LogP contribution in [0.4, 0.5) is 0 Å². The van der Waals surface area contributed by atoms with Crippen molar-refractivity contribution in [2.45, 2.75) is 71.3 Å². The van der Waals surface area contributed by atoms with Gasteiger partial charge >= 0.3 is 50.9 Å². The molecule has 2 unspecified atom stereocenters. The first-order valence-electron chi connectivity index (χ1n) is 12.6. The number of carbonyl (C=O) groups excluding carboxylic acids is 2. The second-order valence-corrected chi connectivity index (χ2v) is 8.81. The van der Waals surface area contributed by atoms with E-state index in [-0.39, 0.29) is 46.6 Å². The van der Waals surface area contributed by atoms with Gasteiger partial charge in [0.15, 0.2) is 0 Å². The van der Waals surface area contributed by atoms with Gasteiger partial charge in [-0.1, -0.05) is 44.4 Å². The summed E-state index contributed by atoms with van der Waals surface area (Å²) in [5.74, 6) is -5.42. The van der Waals surface area contributed by atoms with Gasteiger partial charge in [-0.15, -0.1) is 0 Å². The SMILES string of the molecule is C=C(C)C(=O)OCCCC(=O)Oc1ccc(CCC(=O)O)cc1.CC(=O)O.O=C(O)C(=O)O.[CH2-]C1CCCCC1[NH-].[Pt+2]. The number of aryl methyl sites for hydroxylation is 1. The van der Waals surface area contributed by atoms with Crippen molar-refractivity contribution >= 4 is 35.8 Å². The quantitative estimate of drug-likeness (QED) is 0.0692. The van der Waals surface area contributed by atoms with Crippen molar-refractivity contribution in [3.05, 3.63) is 54.6 Å². The smallest absolute Gasteiger partial charge is 0.677 e. The molecule has 0 amide bonds. The molecule has 238 valence electrons. The molecule has 1 aliphatic rings. The third-order valence-corrected chi connectivity index (χ3v) is 4.98. The molecule has 1 saturated carbocycles. The molecule has 0 heterocycles. The van der Waals surface area contributed by atoms with Crippen LogP contribution in [0.15, 0.2) is 36.4 Å². The Morgan fingerprint density at radius 1 is 0.929 bits per heavy atom. The van der Waals surface area contributed by atoms with Gasteiger partial charge in [0, 0.05) is 25.3 Å². The van der Waals surface area contributed by atoms with E-state index in [4.69, 9.17) is 50.0 Å². The van der Waals surface area contributed by atoms with E-state index in [0.29, 0.717) is 30.1 Å². The Labute approximate surface area is 259 Å². The number of aliphatic carboxylic acids is 4. The molecule has 1 fully saturated rings. The average Bonchev–Trinajstić information content (AvgIpc) is 2.88. The first-order valence-corrected chi connectivity index (χ1v) is 12.6. The van der Waals surface area contributed by atoms with Gasteiger partial charge in [0.25, 0.3) is 5.97 Å². The van der Waals surface area contributed by atoms with Crippen LogP contribution in [0.25, 0.3) is 5.73 Å². The van der Waals surface area contributed by atoms with Gasteiger partial charge in [-0.2, -0.15) is 12.0 Å². The summed E-state index contributed by atoms with van der Waals surface area (Å²) in [6, 6.07) is 6.83. The molecule has 1 aromatic rings. The van der Waals surface area contributed by atoms with Crippen LogP contribution in [-0.2, 0) is 61.0 Å². The van der Waals surface area contributed by atoms with E-state index >= 15 is 0 Å². The second kappa shape index (κ2) is 25.2. The van der Waals surface area contributed by atoms with Gasteiger partial charge in [-0.25, -0.2) is 14.4 Å². The van der Waals surface area contributed by atoms with Crippen molar-refractivity contribution < 1.29 is 79.7 Å². The minimum atomic E-state index is -1.82. The number of carbonyl (C=O) groups is 6. The van der Waals surface area contributed by atoms with E-state index in [1.165, 1.54) is 19.3 Å². The van der Waals surface area contributed by atoms with Crippen LogP contribution >= 0.6 is 0 Å². The van der Waals surface area contributed by atoms with Crippen LogP contribution < -0.4 is 4.74 Å². The van der Waals surface area contributed by atoms with Crippen LogP contribution in [0, 0.1) is 12.8 Å². The van der Waals surface area contributed by atoms with E-state index in [1.807, 2.05) is 0 Å². The van der Waals surface area contributed by atoms with Gasteiger partial charge in [-0.3, -0.25) is 14.4 Å². The maximum atomic E-state index is 11.6. The summed E-state index contributed by atoms with van der Waals surface area (Å²) in [7, 11) is 0. The fourth-order valence-corrected chi connectivity index (χ4v) is 2.87. The molecule has 1 aromatic carbocycles. The maximum absolute atomic E-state index is 11.6.